The predicted octanol–water partition coefficient (Wildman–Crippen LogP) is 4.34. The molecule has 0 atom stereocenters. The van der Waals surface area contributed by atoms with E-state index in [9.17, 15) is 4.39 Å². The van der Waals surface area contributed by atoms with Crippen molar-refractivity contribution in [3.63, 3.8) is 0 Å². The standard InChI is InChI=1S/C14H13BrFNS/c15-14-7-12(16)4-3-11(14)9-18-13-5-1-10(8-17)2-6-13/h1-7H,8-9,17H2. The summed E-state index contributed by atoms with van der Waals surface area (Å²) in [6, 6.07) is 13.0. The van der Waals surface area contributed by atoms with Gasteiger partial charge in [0.15, 0.2) is 0 Å². The van der Waals surface area contributed by atoms with Crippen LogP contribution in [0.1, 0.15) is 11.1 Å². The molecular formula is C14H13BrFNS. The summed E-state index contributed by atoms with van der Waals surface area (Å²) >= 11 is 5.09. The molecule has 0 amide bonds. The van der Waals surface area contributed by atoms with Crippen molar-refractivity contribution in [1.29, 1.82) is 0 Å². The first kappa shape index (κ1) is 13.6. The highest BCUT2D eigenvalue weighted by molar-refractivity contribution is 9.10. The Balaban J connectivity index is 2.02. The van der Waals surface area contributed by atoms with E-state index in [0.29, 0.717) is 6.54 Å². The number of nitrogens with two attached hydrogens (primary N) is 1. The van der Waals surface area contributed by atoms with Crippen LogP contribution in [0.3, 0.4) is 0 Å². The molecule has 0 radical (unpaired) electrons. The molecule has 0 aliphatic rings. The Labute approximate surface area is 119 Å². The van der Waals surface area contributed by atoms with Gasteiger partial charge in [0.2, 0.25) is 0 Å². The maximum absolute atomic E-state index is 12.9. The number of benzene rings is 2. The summed E-state index contributed by atoms with van der Waals surface area (Å²) in [5.74, 6) is 0.589. The molecule has 0 saturated heterocycles. The maximum atomic E-state index is 12.9. The normalized spacial score (nSPS) is 10.6. The number of hydrogen-bond acceptors (Lipinski definition) is 2. The van der Waals surface area contributed by atoms with Crippen molar-refractivity contribution in [2.24, 2.45) is 5.73 Å². The van der Waals surface area contributed by atoms with Crippen molar-refractivity contribution in [2.75, 3.05) is 0 Å². The zero-order valence-corrected chi connectivity index (χ0v) is 12.1. The second-order valence-corrected chi connectivity index (χ2v) is 5.78. The minimum absolute atomic E-state index is 0.220. The molecule has 2 rings (SSSR count). The SMILES string of the molecule is NCc1ccc(SCc2ccc(F)cc2Br)cc1. The lowest BCUT2D eigenvalue weighted by atomic mass is 10.2. The number of hydrogen-bond donors (Lipinski definition) is 1. The van der Waals surface area contributed by atoms with Crippen LogP contribution in [0.5, 0.6) is 0 Å². The predicted molar refractivity (Wildman–Crippen MR) is 78.0 cm³/mol. The van der Waals surface area contributed by atoms with Crippen LogP contribution in [0.4, 0.5) is 4.39 Å². The molecule has 0 saturated carbocycles. The summed E-state index contributed by atoms with van der Waals surface area (Å²) in [4.78, 5) is 1.18. The van der Waals surface area contributed by atoms with Crippen LogP contribution >= 0.6 is 27.7 Å². The van der Waals surface area contributed by atoms with Crippen molar-refractivity contribution in [2.45, 2.75) is 17.2 Å². The van der Waals surface area contributed by atoms with Gasteiger partial charge in [0.25, 0.3) is 0 Å². The van der Waals surface area contributed by atoms with Crippen LogP contribution in [-0.2, 0) is 12.3 Å². The summed E-state index contributed by atoms with van der Waals surface area (Å²) < 4.78 is 13.8. The molecule has 0 aromatic heterocycles. The lowest BCUT2D eigenvalue weighted by Crippen LogP contribution is -1.95. The fourth-order valence-electron chi connectivity index (χ4n) is 1.52. The third-order valence-electron chi connectivity index (χ3n) is 2.57. The van der Waals surface area contributed by atoms with Gasteiger partial charge in [0.1, 0.15) is 5.82 Å². The first-order valence-corrected chi connectivity index (χ1v) is 7.32. The number of rotatable bonds is 4. The molecule has 2 aromatic rings. The van der Waals surface area contributed by atoms with Crippen LogP contribution in [0.25, 0.3) is 0 Å². The first-order chi connectivity index (χ1) is 8.69. The van der Waals surface area contributed by atoms with E-state index < -0.39 is 0 Å². The van der Waals surface area contributed by atoms with Gasteiger partial charge in [-0.05, 0) is 35.4 Å². The van der Waals surface area contributed by atoms with Gasteiger partial charge in [-0.2, -0.15) is 0 Å². The molecule has 0 unspecified atom stereocenters. The molecule has 2 N–H and O–H groups in total. The van der Waals surface area contributed by atoms with Gasteiger partial charge in [-0.1, -0.05) is 34.1 Å². The van der Waals surface area contributed by atoms with Crippen molar-refractivity contribution in [1.82, 2.24) is 0 Å². The Morgan fingerprint density at radius 1 is 1.11 bits per heavy atom. The highest BCUT2D eigenvalue weighted by atomic mass is 79.9. The van der Waals surface area contributed by atoms with Crippen LogP contribution in [-0.4, -0.2) is 0 Å². The zero-order valence-electron chi connectivity index (χ0n) is 9.70. The third kappa shape index (κ3) is 3.57. The molecule has 2 aromatic carbocycles. The minimum atomic E-state index is -0.220. The van der Waals surface area contributed by atoms with Gasteiger partial charge in [-0.3, -0.25) is 0 Å². The maximum Gasteiger partial charge on any atom is 0.124 e. The topological polar surface area (TPSA) is 26.0 Å². The molecule has 0 spiro atoms. The fourth-order valence-corrected chi connectivity index (χ4v) is 3.10. The second-order valence-electron chi connectivity index (χ2n) is 3.87. The lowest BCUT2D eigenvalue weighted by molar-refractivity contribution is 0.626. The lowest BCUT2D eigenvalue weighted by Gasteiger charge is -2.05. The molecule has 0 bridgehead atoms. The molecule has 0 heterocycles. The first-order valence-electron chi connectivity index (χ1n) is 5.55. The van der Waals surface area contributed by atoms with E-state index in [0.717, 1.165) is 21.4 Å². The largest absolute Gasteiger partial charge is 0.326 e. The van der Waals surface area contributed by atoms with Crippen molar-refractivity contribution >= 4 is 27.7 Å². The zero-order chi connectivity index (χ0) is 13.0. The van der Waals surface area contributed by atoms with E-state index in [4.69, 9.17) is 5.73 Å². The van der Waals surface area contributed by atoms with Gasteiger partial charge >= 0.3 is 0 Å². The molecule has 94 valence electrons. The molecule has 18 heavy (non-hydrogen) atoms. The smallest absolute Gasteiger partial charge is 0.124 e. The Hall–Kier alpha value is -0.840. The Morgan fingerprint density at radius 3 is 2.44 bits per heavy atom. The van der Waals surface area contributed by atoms with E-state index in [1.165, 1.54) is 17.0 Å². The average molecular weight is 326 g/mol. The monoisotopic (exact) mass is 325 g/mol. The van der Waals surface area contributed by atoms with E-state index >= 15 is 0 Å². The summed E-state index contributed by atoms with van der Waals surface area (Å²) in [6.45, 7) is 0.564. The van der Waals surface area contributed by atoms with Gasteiger partial charge in [-0.15, -0.1) is 11.8 Å². The summed E-state index contributed by atoms with van der Waals surface area (Å²) in [6.07, 6.45) is 0. The van der Waals surface area contributed by atoms with Gasteiger partial charge < -0.3 is 5.73 Å². The second kappa shape index (κ2) is 6.36. The van der Waals surface area contributed by atoms with E-state index in [-0.39, 0.29) is 5.82 Å². The molecule has 4 heteroatoms. The minimum Gasteiger partial charge on any atom is -0.326 e. The van der Waals surface area contributed by atoms with Gasteiger partial charge in [0, 0.05) is 21.7 Å². The molecule has 0 aliphatic carbocycles. The van der Waals surface area contributed by atoms with Crippen LogP contribution in [0.2, 0.25) is 0 Å². The average Bonchev–Trinajstić information content (AvgIpc) is 2.38. The van der Waals surface area contributed by atoms with E-state index in [2.05, 4.69) is 28.1 Å². The fraction of sp³-hybridized carbons (Fsp3) is 0.143. The quantitative estimate of drug-likeness (QED) is 0.846. The summed E-state index contributed by atoms with van der Waals surface area (Å²) in [5, 5.41) is 0. The van der Waals surface area contributed by atoms with E-state index in [1.807, 2.05) is 12.1 Å². The van der Waals surface area contributed by atoms with Gasteiger partial charge in [0.05, 0.1) is 0 Å². The summed E-state index contributed by atoms with van der Waals surface area (Å²) in [7, 11) is 0. The molecule has 1 nitrogen and oxygen atoms in total. The van der Waals surface area contributed by atoms with E-state index in [1.54, 1.807) is 17.8 Å². The number of halogens is 2. The van der Waals surface area contributed by atoms with Gasteiger partial charge in [-0.25, -0.2) is 4.39 Å². The highest BCUT2D eigenvalue weighted by Crippen LogP contribution is 2.27. The summed E-state index contributed by atoms with van der Waals surface area (Å²) in [5.41, 5.74) is 7.76. The van der Waals surface area contributed by atoms with Crippen LogP contribution in [0, 0.1) is 5.82 Å². The van der Waals surface area contributed by atoms with Crippen LogP contribution < -0.4 is 5.73 Å². The van der Waals surface area contributed by atoms with Crippen molar-refractivity contribution < 1.29 is 4.39 Å². The van der Waals surface area contributed by atoms with Crippen molar-refractivity contribution in [3.05, 3.63) is 63.9 Å². The molecule has 0 fully saturated rings. The van der Waals surface area contributed by atoms with Crippen molar-refractivity contribution in [3.8, 4) is 0 Å². The number of thioether (sulfide) groups is 1. The molecule has 0 aliphatic heterocycles. The Morgan fingerprint density at radius 2 is 1.83 bits per heavy atom. The Kier molecular flexibility index (Phi) is 4.80. The van der Waals surface area contributed by atoms with Crippen LogP contribution in [0.15, 0.2) is 51.8 Å². The highest BCUT2D eigenvalue weighted by Gasteiger charge is 2.02. The third-order valence-corrected chi connectivity index (χ3v) is 4.37. The molecular weight excluding hydrogens is 313 g/mol. The Bertz CT molecular complexity index is 528.